The number of aliphatic hydroxyl groups is 1. The smallest absolute Gasteiger partial charge is 0.394 e. The molecule has 5 N–H and O–H groups in total. The minimum Gasteiger partial charge on any atom is -0.394 e. The van der Waals surface area contributed by atoms with Crippen molar-refractivity contribution in [2.75, 3.05) is 6.61 Å². The maximum absolute atomic E-state index is 11.8. The lowest BCUT2D eigenvalue weighted by Gasteiger charge is -2.19. The Kier molecular flexibility index (Phi) is 5.93. The first-order valence-electron chi connectivity index (χ1n) is 6.36. The number of phosphoric acid groups is 2. The zero-order valence-corrected chi connectivity index (χ0v) is 14.4. The predicted octanol–water partition coefficient (Wildman–Crippen LogP) is -0.219. The molecular weight excluding hydrogens is 390 g/mol. The number of hydrogen-bond donors (Lipinski definition) is 5. The number of nitrogens with zero attached hydrogens (tertiary/aromatic N) is 1. The van der Waals surface area contributed by atoms with Gasteiger partial charge in [0.2, 0.25) is 0 Å². The van der Waals surface area contributed by atoms with Crippen molar-refractivity contribution < 1.29 is 42.5 Å². The first-order chi connectivity index (χ1) is 11.0. The second-order valence-electron chi connectivity index (χ2n) is 4.75. The van der Waals surface area contributed by atoms with Crippen LogP contribution in [0.3, 0.4) is 0 Å². The third-order valence-electron chi connectivity index (χ3n) is 3.00. The lowest BCUT2D eigenvalue weighted by molar-refractivity contribution is -0.0451. The third-order valence-corrected chi connectivity index (χ3v) is 5.45. The fourth-order valence-corrected chi connectivity index (χ4v) is 4.07. The van der Waals surface area contributed by atoms with Gasteiger partial charge in [-0.15, -0.1) is 0 Å². The first-order valence-corrected chi connectivity index (χ1v) is 9.80. The van der Waals surface area contributed by atoms with Gasteiger partial charge in [-0.05, 0) is 6.07 Å². The van der Waals surface area contributed by atoms with E-state index in [0.29, 0.717) is 0 Å². The zero-order chi connectivity index (χ0) is 18.1. The first kappa shape index (κ1) is 19.6. The van der Waals surface area contributed by atoms with Crippen LogP contribution in [0.4, 0.5) is 0 Å². The van der Waals surface area contributed by atoms with E-state index < -0.39 is 46.4 Å². The molecule has 1 unspecified atom stereocenters. The summed E-state index contributed by atoms with van der Waals surface area (Å²) in [6.45, 7) is -0.630. The van der Waals surface area contributed by atoms with Gasteiger partial charge in [-0.3, -0.25) is 14.1 Å². The molecule has 0 spiro atoms. The van der Waals surface area contributed by atoms with Gasteiger partial charge in [0, 0.05) is 12.6 Å². The van der Waals surface area contributed by atoms with E-state index in [2.05, 4.69) is 13.8 Å². The van der Waals surface area contributed by atoms with Gasteiger partial charge in [-0.2, -0.15) is 4.31 Å². The molecule has 1 saturated heterocycles. The number of rotatable bonds is 6. The van der Waals surface area contributed by atoms with Crippen molar-refractivity contribution in [1.29, 1.82) is 0 Å². The Morgan fingerprint density at radius 1 is 1.42 bits per heavy atom. The van der Waals surface area contributed by atoms with E-state index in [1.54, 1.807) is 0 Å². The van der Waals surface area contributed by atoms with Crippen LogP contribution >= 0.6 is 27.9 Å². The Bertz CT molecular complexity index is 802. The fourth-order valence-electron chi connectivity index (χ4n) is 2.12. The lowest BCUT2D eigenvalue weighted by Crippen LogP contribution is -2.28. The molecule has 12 nitrogen and oxygen atoms in total. The Morgan fingerprint density at radius 3 is 2.62 bits per heavy atom. The van der Waals surface area contributed by atoms with Gasteiger partial charge in [-0.1, -0.05) is 12.2 Å². The molecule has 0 aromatic carbocycles. The molecule has 136 valence electrons. The van der Waals surface area contributed by atoms with Crippen LogP contribution in [0.1, 0.15) is 12.6 Å². The van der Waals surface area contributed by atoms with E-state index in [9.17, 15) is 23.9 Å². The van der Waals surface area contributed by atoms with E-state index in [0.717, 1.165) is 4.57 Å². The topological polar surface area (TPSA) is 181 Å². The van der Waals surface area contributed by atoms with Crippen molar-refractivity contribution in [1.82, 2.24) is 9.55 Å². The van der Waals surface area contributed by atoms with E-state index in [1.807, 2.05) is 0 Å². The lowest BCUT2D eigenvalue weighted by atomic mass is 10.2. The molecule has 4 atom stereocenters. The van der Waals surface area contributed by atoms with E-state index in [1.165, 1.54) is 12.3 Å². The van der Waals surface area contributed by atoms with Gasteiger partial charge < -0.3 is 24.5 Å². The van der Waals surface area contributed by atoms with Crippen molar-refractivity contribution in [3.8, 4) is 0 Å². The van der Waals surface area contributed by atoms with Crippen molar-refractivity contribution in [2.24, 2.45) is 0 Å². The number of aliphatic hydroxyl groups excluding tert-OH is 1. The highest BCUT2D eigenvalue weighted by Crippen LogP contribution is 2.59. The van der Waals surface area contributed by atoms with E-state index in [-0.39, 0.29) is 11.1 Å². The summed E-state index contributed by atoms with van der Waals surface area (Å²) >= 11 is 4.79. The van der Waals surface area contributed by atoms with Gasteiger partial charge in [0.15, 0.2) is 0 Å². The molecular formula is C9H14N2O10P2S. The molecule has 15 heteroatoms. The summed E-state index contributed by atoms with van der Waals surface area (Å²) in [7, 11) is -10.4. The maximum atomic E-state index is 11.8. The minimum absolute atomic E-state index is 0.162. The van der Waals surface area contributed by atoms with Crippen LogP contribution < -0.4 is 5.69 Å². The number of ether oxygens (including phenoxy) is 1. The highest BCUT2D eigenvalue weighted by atomic mass is 32.1. The molecule has 0 aliphatic carbocycles. The highest BCUT2D eigenvalue weighted by Gasteiger charge is 2.43. The van der Waals surface area contributed by atoms with Crippen LogP contribution in [0, 0.1) is 4.64 Å². The zero-order valence-electron chi connectivity index (χ0n) is 11.8. The van der Waals surface area contributed by atoms with Gasteiger partial charge >= 0.3 is 21.3 Å². The number of phosphoric ester groups is 1. The molecule has 24 heavy (non-hydrogen) atoms. The van der Waals surface area contributed by atoms with Crippen LogP contribution in [0.15, 0.2) is 17.1 Å². The number of aromatic amines is 1. The van der Waals surface area contributed by atoms with E-state index in [4.69, 9.17) is 26.7 Å². The van der Waals surface area contributed by atoms with Crippen LogP contribution in [-0.4, -0.2) is 48.2 Å². The molecule has 1 aliphatic heterocycles. The standard InChI is InChI=1S/C9H14N2O10P2S/c12-4-6-5(20-23(17,18)21-22(14,15)16)3-8(19-6)11-2-1-7(24)10-9(11)13/h1-2,5-6,8,12H,3-4H2,(H,17,18)(H,10,13,24)(H2,14,15,16)/t5-,6+,8+/m0/s1. The number of aromatic nitrogens is 2. The maximum Gasteiger partial charge on any atom is 0.481 e. The van der Waals surface area contributed by atoms with Gasteiger partial charge in [0.1, 0.15) is 23.1 Å². The quantitative estimate of drug-likeness (QED) is 0.312. The van der Waals surface area contributed by atoms with Crippen molar-refractivity contribution >= 4 is 27.9 Å². The van der Waals surface area contributed by atoms with Crippen LogP contribution in [0.2, 0.25) is 0 Å². The molecule has 0 amide bonds. The second kappa shape index (κ2) is 7.26. The van der Waals surface area contributed by atoms with Crippen molar-refractivity contribution in [3.63, 3.8) is 0 Å². The van der Waals surface area contributed by atoms with Crippen LogP contribution in [-0.2, 0) is 22.7 Å². The molecule has 1 fully saturated rings. The molecule has 0 bridgehead atoms. The Labute approximate surface area is 139 Å². The van der Waals surface area contributed by atoms with Crippen molar-refractivity contribution in [2.45, 2.75) is 24.9 Å². The summed E-state index contributed by atoms with van der Waals surface area (Å²) < 4.78 is 37.2. The summed E-state index contributed by atoms with van der Waals surface area (Å²) in [6.07, 6.45) is -2.16. The predicted molar refractivity (Wildman–Crippen MR) is 79.3 cm³/mol. The number of hydrogen-bond acceptors (Lipinski definition) is 8. The minimum atomic E-state index is -5.27. The van der Waals surface area contributed by atoms with Gasteiger partial charge in [0.25, 0.3) is 0 Å². The SMILES string of the molecule is O=c1[nH]c(=S)ccn1[C@H]1C[C@H](OP(=O)(O)OP(=O)(O)O)[C@@H](CO)O1. The molecule has 1 aromatic rings. The normalized spacial score (nSPS) is 27.1. The Hall–Kier alpha value is -0.720. The average molecular weight is 404 g/mol. The molecule has 0 saturated carbocycles. The summed E-state index contributed by atoms with van der Waals surface area (Å²) in [5.41, 5.74) is -0.608. The summed E-state index contributed by atoms with van der Waals surface area (Å²) in [4.78, 5) is 40.7. The highest BCUT2D eigenvalue weighted by molar-refractivity contribution is 7.71. The molecule has 1 aliphatic rings. The molecule has 2 rings (SSSR count). The average Bonchev–Trinajstić information content (AvgIpc) is 2.77. The molecule has 0 radical (unpaired) electrons. The fraction of sp³-hybridized carbons (Fsp3) is 0.556. The monoisotopic (exact) mass is 404 g/mol. The van der Waals surface area contributed by atoms with Gasteiger partial charge in [0.05, 0.1) is 6.61 Å². The third kappa shape index (κ3) is 5.14. The summed E-state index contributed by atoms with van der Waals surface area (Å²) in [5, 5.41) is 9.26. The summed E-state index contributed by atoms with van der Waals surface area (Å²) in [6, 6.07) is 1.41. The number of H-pyrrole nitrogens is 1. The number of nitrogens with one attached hydrogen (secondary N) is 1. The van der Waals surface area contributed by atoms with E-state index >= 15 is 0 Å². The molecule has 1 aromatic heterocycles. The second-order valence-corrected chi connectivity index (χ2v) is 7.97. The molecule has 2 heterocycles. The Morgan fingerprint density at radius 2 is 2.08 bits per heavy atom. The largest absolute Gasteiger partial charge is 0.481 e. The van der Waals surface area contributed by atoms with Gasteiger partial charge in [-0.25, -0.2) is 13.9 Å². The summed E-state index contributed by atoms with van der Waals surface area (Å²) in [5.74, 6) is 0. The van der Waals surface area contributed by atoms with Crippen LogP contribution in [0.5, 0.6) is 0 Å². The van der Waals surface area contributed by atoms with Crippen molar-refractivity contribution in [3.05, 3.63) is 27.4 Å². The van der Waals surface area contributed by atoms with Crippen LogP contribution in [0.25, 0.3) is 0 Å². The Balaban J connectivity index is 2.17.